The van der Waals surface area contributed by atoms with Gasteiger partial charge in [0.1, 0.15) is 0 Å². The third-order valence-corrected chi connectivity index (χ3v) is 3.84. The lowest BCUT2D eigenvalue weighted by Crippen LogP contribution is -2.37. The van der Waals surface area contributed by atoms with Crippen LogP contribution >= 0.6 is 0 Å². The molecule has 1 aromatic carbocycles. The second kappa shape index (κ2) is 5.53. The zero-order valence-corrected chi connectivity index (χ0v) is 11.1. The fourth-order valence-electron chi connectivity index (χ4n) is 2.64. The van der Waals surface area contributed by atoms with Gasteiger partial charge in [-0.05, 0) is 24.1 Å². The monoisotopic (exact) mass is 247 g/mol. The molecule has 2 rings (SSSR count). The Balaban J connectivity index is 1.91. The molecule has 2 atom stereocenters. The zero-order chi connectivity index (χ0) is 13.1. The number of fused-ring (bicyclic) bond motifs is 1. The Morgan fingerprint density at radius 1 is 1.50 bits per heavy atom. The smallest absolute Gasteiger partial charge is 0.307 e. The van der Waals surface area contributed by atoms with E-state index in [2.05, 4.69) is 36.1 Å². The van der Waals surface area contributed by atoms with Crippen LogP contribution in [0.4, 0.5) is 0 Å². The number of benzene rings is 1. The van der Waals surface area contributed by atoms with E-state index >= 15 is 0 Å². The minimum atomic E-state index is -0.706. The van der Waals surface area contributed by atoms with Crippen molar-refractivity contribution in [1.82, 2.24) is 4.90 Å². The van der Waals surface area contributed by atoms with Crippen molar-refractivity contribution >= 4 is 5.97 Å². The van der Waals surface area contributed by atoms with E-state index in [0.29, 0.717) is 12.5 Å². The van der Waals surface area contributed by atoms with E-state index in [9.17, 15) is 4.79 Å². The highest BCUT2D eigenvalue weighted by molar-refractivity contribution is 5.69. The number of carboxylic acid groups (broad SMARTS) is 1. The Kier molecular flexibility index (Phi) is 4.02. The first-order chi connectivity index (χ1) is 8.61. The number of carbonyl (C=O) groups is 1. The van der Waals surface area contributed by atoms with Crippen molar-refractivity contribution in [2.24, 2.45) is 5.92 Å². The quantitative estimate of drug-likeness (QED) is 0.839. The Bertz CT molecular complexity index is 430. The van der Waals surface area contributed by atoms with E-state index in [1.54, 1.807) is 6.92 Å². The standard InChI is InChI=1S/C15H21NO2/c1-3-16(9-11(2)15(17)18)10-13-8-12-6-4-5-7-14(12)13/h4-7,11,13H,3,8-10H2,1-2H3,(H,17,18). The van der Waals surface area contributed by atoms with Gasteiger partial charge in [0.05, 0.1) is 5.92 Å². The largest absolute Gasteiger partial charge is 0.481 e. The Labute approximate surface area is 108 Å². The molecular formula is C15H21NO2. The van der Waals surface area contributed by atoms with Crippen LogP contribution in [0, 0.1) is 5.92 Å². The van der Waals surface area contributed by atoms with Gasteiger partial charge in [0.25, 0.3) is 0 Å². The minimum absolute atomic E-state index is 0.291. The summed E-state index contributed by atoms with van der Waals surface area (Å²) >= 11 is 0. The van der Waals surface area contributed by atoms with Crippen LogP contribution < -0.4 is 0 Å². The summed E-state index contributed by atoms with van der Waals surface area (Å²) in [4.78, 5) is 13.1. The first-order valence-corrected chi connectivity index (χ1v) is 6.64. The summed E-state index contributed by atoms with van der Waals surface area (Å²) in [5, 5.41) is 8.96. The molecule has 0 heterocycles. The molecule has 2 unspecified atom stereocenters. The van der Waals surface area contributed by atoms with Crippen molar-refractivity contribution in [3.05, 3.63) is 35.4 Å². The molecule has 1 aliphatic rings. The van der Waals surface area contributed by atoms with Crippen LogP contribution in [0.5, 0.6) is 0 Å². The lowest BCUT2D eigenvalue weighted by atomic mass is 9.77. The van der Waals surface area contributed by atoms with Crippen molar-refractivity contribution < 1.29 is 9.90 Å². The fraction of sp³-hybridized carbons (Fsp3) is 0.533. The summed E-state index contributed by atoms with van der Waals surface area (Å²) in [6, 6.07) is 8.54. The van der Waals surface area contributed by atoms with Crippen LogP contribution in [-0.2, 0) is 11.2 Å². The molecule has 0 fully saturated rings. The summed E-state index contributed by atoms with van der Waals surface area (Å²) in [6.45, 7) is 6.41. The lowest BCUT2D eigenvalue weighted by Gasteiger charge is -2.35. The van der Waals surface area contributed by atoms with Gasteiger partial charge in [0.15, 0.2) is 0 Å². The molecule has 0 aromatic heterocycles. The lowest BCUT2D eigenvalue weighted by molar-refractivity contribution is -0.141. The minimum Gasteiger partial charge on any atom is -0.481 e. The van der Waals surface area contributed by atoms with Crippen molar-refractivity contribution in [3.8, 4) is 0 Å². The summed E-state index contributed by atoms with van der Waals surface area (Å²) < 4.78 is 0. The normalized spacial score (nSPS) is 19.2. The predicted molar refractivity (Wildman–Crippen MR) is 71.8 cm³/mol. The molecule has 98 valence electrons. The Morgan fingerprint density at radius 2 is 2.22 bits per heavy atom. The molecule has 0 amide bonds. The van der Waals surface area contributed by atoms with Gasteiger partial charge in [-0.15, -0.1) is 0 Å². The fourth-order valence-corrected chi connectivity index (χ4v) is 2.64. The van der Waals surface area contributed by atoms with Crippen LogP contribution in [0.3, 0.4) is 0 Å². The van der Waals surface area contributed by atoms with Crippen LogP contribution in [-0.4, -0.2) is 35.6 Å². The average Bonchev–Trinajstić information content (AvgIpc) is 2.34. The average molecular weight is 247 g/mol. The van der Waals surface area contributed by atoms with Crippen molar-refractivity contribution in [3.63, 3.8) is 0 Å². The van der Waals surface area contributed by atoms with Gasteiger partial charge in [0, 0.05) is 19.0 Å². The molecule has 0 radical (unpaired) electrons. The van der Waals surface area contributed by atoms with Gasteiger partial charge in [-0.1, -0.05) is 38.1 Å². The number of carboxylic acids is 1. The van der Waals surface area contributed by atoms with Gasteiger partial charge in [-0.25, -0.2) is 0 Å². The summed E-state index contributed by atoms with van der Waals surface area (Å²) in [5.41, 5.74) is 2.89. The van der Waals surface area contributed by atoms with E-state index in [-0.39, 0.29) is 5.92 Å². The molecule has 0 spiro atoms. The van der Waals surface area contributed by atoms with E-state index in [1.807, 2.05) is 0 Å². The first kappa shape index (κ1) is 13.1. The molecule has 1 aromatic rings. The second-order valence-corrected chi connectivity index (χ2v) is 5.19. The molecule has 3 heteroatoms. The molecule has 18 heavy (non-hydrogen) atoms. The third-order valence-electron chi connectivity index (χ3n) is 3.84. The highest BCUT2D eigenvalue weighted by Gasteiger charge is 2.27. The molecule has 1 N–H and O–H groups in total. The van der Waals surface area contributed by atoms with E-state index in [4.69, 9.17) is 5.11 Å². The number of aliphatic carboxylic acids is 1. The van der Waals surface area contributed by atoms with Crippen LogP contribution in [0.25, 0.3) is 0 Å². The molecule has 0 aliphatic heterocycles. The van der Waals surface area contributed by atoms with Gasteiger partial charge in [0.2, 0.25) is 0 Å². The molecule has 3 nitrogen and oxygen atoms in total. The number of nitrogens with zero attached hydrogens (tertiary/aromatic N) is 1. The molecule has 0 saturated heterocycles. The molecule has 1 aliphatic carbocycles. The SMILES string of the molecule is CCN(CC(C)C(=O)O)CC1Cc2ccccc21. The second-order valence-electron chi connectivity index (χ2n) is 5.19. The number of hydrogen-bond donors (Lipinski definition) is 1. The maximum Gasteiger partial charge on any atom is 0.307 e. The number of hydrogen-bond acceptors (Lipinski definition) is 2. The van der Waals surface area contributed by atoms with Gasteiger partial charge >= 0.3 is 5.97 Å². The molecular weight excluding hydrogens is 226 g/mol. The van der Waals surface area contributed by atoms with E-state index in [0.717, 1.165) is 19.5 Å². The maximum atomic E-state index is 10.9. The highest BCUT2D eigenvalue weighted by atomic mass is 16.4. The maximum absolute atomic E-state index is 10.9. The zero-order valence-electron chi connectivity index (χ0n) is 11.1. The van der Waals surface area contributed by atoms with Gasteiger partial charge in [-0.3, -0.25) is 4.79 Å². The molecule has 0 bridgehead atoms. The van der Waals surface area contributed by atoms with Crippen LogP contribution in [0.1, 0.15) is 30.9 Å². The summed E-state index contributed by atoms with van der Waals surface area (Å²) in [6.07, 6.45) is 1.13. The molecule has 0 saturated carbocycles. The number of likely N-dealkylation sites (N-methyl/N-ethyl adjacent to an activating group) is 1. The highest BCUT2D eigenvalue weighted by Crippen LogP contribution is 2.35. The Hall–Kier alpha value is -1.35. The van der Waals surface area contributed by atoms with E-state index in [1.165, 1.54) is 11.1 Å². The Morgan fingerprint density at radius 3 is 2.83 bits per heavy atom. The van der Waals surface area contributed by atoms with Crippen molar-refractivity contribution in [1.29, 1.82) is 0 Å². The van der Waals surface area contributed by atoms with E-state index < -0.39 is 5.97 Å². The topological polar surface area (TPSA) is 40.5 Å². The van der Waals surface area contributed by atoms with Gasteiger partial charge < -0.3 is 10.0 Å². The summed E-state index contributed by atoms with van der Waals surface area (Å²) in [5.74, 6) is -0.412. The first-order valence-electron chi connectivity index (χ1n) is 6.64. The van der Waals surface area contributed by atoms with Crippen molar-refractivity contribution in [2.45, 2.75) is 26.2 Å². The van der Waals surface area contributed by atoms with Crippen LogP contribution in [0.2, 0.25) is 0 Å². The van der Waals surface area contributed by atoms with Crippen molar-refractivity contribution in [2.75, 3.05) is 19.6 Å². The van der Waals surface area contributed by atoms with Gasteiger partial charge in [-0.2, -0.15) is 0 Å². The van der Waals surface area contributed by atoms with Crippen LogP contribution in [0.15, 0.2) is 24.3 Å². The summed E-state index contributed by atoms with van der Waals surface area (Å²) in [7, 11) is 0. The predicted octanol–water partition coefficient (Wildman–Crippen LogP) is 2.37. The number of rotatable bonds is 6. The third kappa shape index (κ3) is 2.72.